The summed E-state index contributed by atoms with van der Waals surface area (Å²) >= 11 is 0. The Morgan fingerprint density at radius 3 is 2.88 bits per heavy atom. The van der Waals surface area contributed by atoms with E-state index in [2.05, 4.69) is 20.4 Å². The SMILES string of the molecule is O=[N+]([O-])c1ccc(NCCc2ncno2)nc1. The second-order valence-corrected chi connectivity index (χ2v) is 3.17. The van der Waals surface area contributed by atoms with Crippen molar-refractivity contribution in [3.05, 3.63) is 40.7 Å². The Morgan fingerprint density at radius 2 is 2.29 bits per heavy atom. The topological polar surface area (TPSA) is 107 Å². The summed E-state index contributed by atoms with van der Waals surface area (Å²) in [6.07, 6.45) is 3.10. The molecule has 0 atom stereocenters. The zero-order chi connectivity index (χ0) is 12.1. The Bertz CT molecular complexity index is 482. The van der Waals surface area contributed by atoms with Crippen LogP contribution in [-0.4, -0.2) is 26.6 Å². The molecule has 0 aromatic carbocycles. The maximum atomic E-state index is 10.4. The van der Waals surface area contributed by atoms with Gasteiger partial charge in [0, 0.05) is 19.0 Å². The van der Waals surface area contributed by atoms with Gasteiger partial charge >= 0.3 is 0 Å². The van der Waals surface area contributed by atoms with Crippen LogP contribution in [0.4, 0.5) is 11.5 Å². The molecular formula is C9H9N5O3. The van der Waals surface area contributed by atoms with E-state index in [0.29, 0.717) is 24.7 Å². The first-order valence-corrected chi connectivity index (χ1v) is 4.85. The Kier molecular flexibility index (Phi) is 3.24. The molecule has 0 saturated heterocycles. The van der Waals surface area contributed by atoms with Crippen molar-refractivity contribution in [1.82, 2.24) is 15.1 Å². The van der Waals surface area contributed by atoms with Crippen molar-refractivity contribution in [2.24, 2.45) is 0 Å². The van der Waals surface area contributed by atoms with E-state index in [4.69, 9.17) is 4.52 Å². The fourth-order valence-corrected chi connectivity index (χ4v) is 1.20. The van der Waals surface area contributed by atoms with E-state index in [1.165, 1.54) is 18.6 Å². The third-order valence-corrected chi connectivity index (χ3v) is 2.01. The van der Waals surface area contributed by atoms with Crippen LogP contribution in [-0.2, 0) is 6.42 Å². The molecule has 2 rings (SSSR count). The minimum absolute atomic E-state index is 0.0348. The van der Waals surface area contributed by atoms with Gasteiger partial charge in [-0.3, -0.25) is 10.1 Å². The molecule has 2 aromatic rings. The van der Waals surface area contributed by atoms with Gasteiger partial charge in [0.15, 0.2) is 6.33 Å². The third kappa shape index (κ3) is 2.97. The second-order valence-electron chi connectivity index (χ2n) is 3.17. The van der Waals surface area contributed by atoms with Crippen LogP contribution < -0.4 is 5.32 Å². The largest absolute Gasteiger partial charge is 0.370 e. The standard InChI is InChI=1S/C9H9N5O3/c15-14(16)7-1-2-8(11-5-7)10-4-3-9-12-6-13-17-9/h1-2,5-6H,3-4H2,(H,10,11). The predicted molar refractivity (Wildman–Crippen MR) is 57.4 cm³/mol. The van der Waals surface area contributed by atoms with Gasteiger partial charge in [0.1, 0.15) is 12.0 Å². The van der Waals surface area contributed by atoms with Crippen LogP contribution in [0.3, 0.4) is 0 Å². The molecule has 0 spiro atoms. The normalized spacial score (nSPS) is 10.1. The predicted octanol–water partition coefficient (Wildman–Crippen LogP) is 1.03. The molecule has 8 nitrogen and oxygen atoms in total. The Morgan fingerprint density at radius 1 is 1.41 bits per heavy atom. The lowest BCUT2D eigenvalue weighted by molar-refractivity contribution is -0.385. The summed E-state index contributed by atoms with van der Waals surface area (Å²) < 4.78 is 4.81. The summed E-state index contributed by atoms with van der Waals surface area (Å²) in [6.45, 7) is 0.563. The molecule has 0 saturated carbocycles. The van der Waals surface area contributed by atoms with Crippen LogP contribution >= 0.6 is 0 Å². The Hall–Kier alpha value is -2.51. The fraction of sp³-hybridized carbons (Fsp3) is 0.222. The molecule has 0 fully saturated rings. The molecule has 0 aliphatic carbocycles. The van der Waals surface area contributed by atoms with E-state index in [0.717, 1.165) is 0 Å². The molecule has 17 heavy (non-hydrogen) atoms. The number of nitro groups is 1. The van der Waals surface area contributed by atoms with Crippen LogP contribution in [0.5, 0.6) is 0 Å². The molecule has 0 unspecified atom stereocenters. The van der Waals surface area contributed by atoms with Gasteiger partial charge in [-0.2, -0.15) is 4.98 Å². The van der Waals surface area contributed by atoms with Crippen LogP contribution in [0.2, 0.25) is 0 Å². The molecule has 0 radical (unpaired) electrons. The number of aromatic nitrogens is 3. The summed E-state index contributed by atoms with van der Waals surface area (Å²) in [7, 11) is 0. The molecule has 2 aromatic heterocycles. The zero-order valence-corrected chi connectivity index (χ0v) is 8.74. The smallest absolute Gasteiger partial charge is 0.287 e. The highest BCUT2D eigenvalue weighted by Crippen LogP contribution is 2.11. The number of hydrogen-bond acceptors (Lipinski definition) is 7. The van der Waals surface area contributed by atoms with Crippen LogP contribution in [0, 0.1) is 10.1 Å². The van der Waals surface area contributed by atoms with Crippen molar-refractivity contribution in [2.45, 2.75) is 6.42 Å². The highest BCUT2D eigenvalue weighted by molar-refractivity contribution is 5.39. The number of pyridine rings is 1. The van der Waals surface area contributed by atoms with Crippen LogP contribution in [0.15, 0.2) is 29.2 Å². The zero-order valence-electron chi connectivity index (χ0n) is 8.74. The number of nitrogens with zero attached hydrogens (tertiary/aromatic N) is 4. The lowest BCUT2D eigenvalue weighted by Crippen LogP contribution is -2.06. The van der Waals surface area contributed by atoms with Crippen molar-refractivity contribution in [3.8, 4) is 0 Å². The molecule has 0 amide bonds. The highest BCUT2D eigenvalue weighted by atomic mass is 16.6. The monoisotopic (exact) mass is 235 g/mol. The third-order valence-electron chi connectivity index (χ3n) is 2.01. The average Bonchev–Trinajstić information content (AvgIpc) is 2.83. The number of nitrogens with one attached hydrogen (secondary N) is 1. The summed E-state index contributed by atoms with van der Waals surface area (Å²) in [6, 6.07) is 2.94. The van der Waals surface area contributed by atoms with Crippen LogP contribution in [0.25, 0.3) is 0 Å². The lowest BCUT2D eigenvalue weighted by Gasteiger charge is -2.02. The first-order chi connectivity index (χ1) is 8.25. The second kappa shape index (κ2) is 5.01. The summed E-state index contributed by atoms with van der Waals surface area (Å²) in [5, 5.41) is 16.9. The average molecular weight is 235 g/mol. The number of hydrogen-bond donors (Lipinski definition) is 1. The van der Waals surface area contributed by atoms with E-state index in [-0.39, 0.29) is 5.69 Å². The van der Waals surface area contributed by atoms with Crippen molar-refractivity contribution in [2.75, 3.05) is 11.9 Å². The van der Waals surface area contributed by atoms with Gasteiger partial charge in [-0.15, -0.1) is 0 Å². The van der Waals surface area contributed by atoms with E-state index < -0.39 is 4.92 Å². The van der Waals surface area contributed by atoms with Crippen molar-refractivity contribution >= 4 is 11.5 Å². The van der Waals surface area contributed by atoms with Crippen molar-refractivity contribution in [1.29, 1.82) is 0 Å². The number of rotatable bonds is 5. The summed E-state index contributed by atoms with van der Waals surface area (Å²) in [4.78, 5) is 17.7. The quantitative estimate of drug-likeness (QED) is 0.609. The van der Waals surface area contributed by atoms with Gasteiger partial charge in [0.25, 0.3) is 5.69 Å². The molecule has 0 bridgehead atoms. The molecule has 8 heteroatoms. The molecular weight excluding hydrogens is 226 g/mol. The molecule has 0 aliphatic heterocycles. The molecule has 88 valence electrons. The first kappa shape index (κ1) is 11.0. The Labute approximate surface area is 95.8 Å². The maximum Gasteiger partial charge on any atom is 0.287 e. The molecule has 1 N–H and O–H groups in total. The first-order valence-electron chi connectivity index (χ1n) is 4.85. The van der Waals surface area contributed by atoms with E-state index >= 15 is 0 Å². The minimum Gasteiger partial charge on any atom is -0.370 e. The van der Waals surface area contributed by atoms with E-state index in [1.54, 1.807) is 6.07 Å². The number of anilines is 1. The van der Waals surface area contributed by atoms with Crippen molar-refractivity contribution < 1.29 is 9.45 Å². The molecule has 2 heterocycles. The van der Waals surface area contributed by atoms with Gasteiger partial charge in [-0.25, -0.2) is 4.98 Å². The van der Waals surface area contributed by atoms with E-state index in [9.17, 15) is 10.1 Å². The fourth-order valence-electron chi connectivity index (χ4n) is 1.20. The summed E-state index contributed by atoms with van der Waals surface area (Å²) in [5.74, 6) is 1.09. The highest BCUT2D eigenvalue weighted by Gasteiger charge is 2.05. The maximum absolute atomic E-state index is 10.4. The van der Waals surface area contributed by atoms with Gasteiger partial charge in [-0.1, -0.05) is 5.16 Å². The van der Waals surface area contributed by atoms with Gasteiger partial charge < -0.3 is 9.84 Å². The van der Waals surface area contributed by atoms with E-state index in [1.807, 2.05) is 0 Å². The minimum atomic E-state index is -0.491. The van der Waals surface area contributed by atoms with Gasteiger partial charge in [-0.05, 0) is 6.07 Å². The van der Waals surface area contributed by atoms with Crippen LogP contribution in [0.1, 0.15) is 5.89 Å². The molecule has 0 aliphatic rings. The summed E-state index contributed by atoms with van der Waals surface area (Å²) in [5.41, 5.74) is -0.0348. The Balaban J connectivity index is 1.85. The lowest BCUT2D eigenvalue weighted by atomic mass is 10.4. The van der Waals surface area contributed by atoms with Crippen molar-refractivity contribution in [3.63, 3.8) is 0 Å². The van der Waals surface area contributed by atoms with Gasteiger partial charge in [0.05, 0.1) is 4.92 Å². The van der Waals surface area contributed by atoms with Gasteiger partial charge in [0.2, 0.25) is 5.89 Å².